The van der Waals surface area contributed by atoms with Gasteiger partial charge in [-0.3, -0.25) is 4.79 Å². The summed E-state index contributed by atoms with van der Waals surface area (Å²) in [4.78, 5) is 11.5. The van der Waals surface area contributed by atoms with Crippen LogP contribution in [0.2, 0.25) is 0 Å². The molecule has 0 spiro atoms. The Morgan fingerprint density at radius 3 is 2.33 bits per heavy atom. The minimum atomic E-state index is -0.0852. The van der Waals surface area contributed by atoms with Gasteiger partial charge in [-0.15, -0.1) is 0 Å². The van der Waals surface area contributed by atoms with Crippen molar-refractivity contribution in [2.24, 2.45) is 11.8 Å². The van der Waals surface area contributed by atoms with Crippen LogP contribution < -0.4 is 15.4 Å². The fourth-order valence-corrected chi connectivity index (χ4v) is 4.87. The molecule has 1 saturated carbocycles. The van der Waals surface area contributed by atoms with Crippen molar-refractivity contribution in [2.45, 2.75) is 45.2 Å². The highest BCUT2D eigenvalue weighted by Gasteiger charge is 2.38. The number of rotatable bonds is 5. The molecule has 4 rings (SSSR count). The zero-order chi connectivity index (χ0) is 18.8. The number of carbonyl (C=O) groups is 1. The fraction of sp³-hybridized carbons (Fsp3) is 0.435. The largest absolute Gasteiger partial charge is 0.495 e. The molecule has 0 heterocycles. The molecule has 2 bridgehead atoms. The van der Waals surface area contributed by atoms with Gasteiger partial charge in [0, 0.05) is 19.5 Å². The van der Waals surface area contributed by atoms with E-state index in [9.17, 15) is 4.79 Å². The van der Waals surface area contributed by atoms with Gasteiger partial charge in [-0.1, -0.05) is 30.3 Å². The SMILES string of the molecule is COc1ccc(CNC2[C@H]3CC[C@H]2Cc2ccccc2C3)cc1NC(C)=O. The zero-order valence-corrected chi connectivity index (χ0v) is 16.1. The average molecular weight is 364 g/mol. The lowest BCUT2D eigenvalue weighted by Crippen LogP contribution is -2.37. The number of fused-ring (bicyclic) bond motifs is 3. The summed E-state index contributed by atoms with van der Waals surface area (Å²) in [5.41, 5.74) is 4.98. The van der Waals surface area contributed by atoms with Crippen LogP contribution in [0.1, 0.15) is 36.5 Å². The van der Waals surface area contributed by atoms with Crippen molar-refractivity contribution in [3.8, 4) is 5.75 Å². The van der Waals surface area contributed by atoms with Crippen LogP contribution in [0.25, 0.3) is 0 Å². The van der Waals surface area contributed by atoms with E-state index in [2.05, 4.69) is 41.0 Å². The number of methoxy groups -OCH3 is 1. The highest BCUT2D eigenvalue weighted by atomic mass is 16.5. The Kier molecular flexibility index (Phi) is 5.17. The topological polar surface area (TPSA) is 50.4 Å². The van der Waals surface area contributed by atoms with Crippen molar-refractivity contribution in [1.29, 1.82) is 0 Å². The summed E-state index contributed by atoms with van der Waals surface area (Å²) in [6, 6.07) is 15.5. The zero-order valence-electron chi connectivity index (χ0n) is 16.1. The van der Waals surface area contributed by atoms with Crippen molar-refractivity contribution in [3.63, 3.8) is 0 Å². The van der Waals surface area contributed by atoms with E-state index >= 15 is 0 Å². The molecular formula is C23H28N2O2. The Labute approximate surface area is 161 Å². The third kappa shape index (κ3) is 3.86. The summed E-state index contributed by atoms with van der Waals surface area (Å²) in [5, 5.41) is 6.70. The fourth-order valence-electron chi connectivity index (χ4n) is 4.87. The van der Waals surface area contributed by atoms with E-state index in [0.717, 1.165) is 12.2 Å². The normalized spacial score (nSPS) is 23.4. The van der Waals surface area contributed by atoms with Gasteiger partial charge in [0.25, 0.3) is 0 Å². The molecule has 1 fully saturated rings. The van der Waals surface area contributed by atoms with Gasteiger partial charge in [-0.05, 0) is 66.3 Å². The van der Waals surface area contributed by atoms with Crippen molar-refractivity contribution < 1.29 is 9.53 Å². The summed E-state index contributed by atoms with van der Waals surface area (Å²) < 4.78 is 5.36. The van der Waals surface area contributed by atoms with Crippen LogP contribution in [0.4, 0.5) is 5.69 Å². The molecule has 2 aromatic rings. The Morgan fingerprint density at radius 2 is 1.74 bits per heavy atom. The van der Waals surface area contributed by atoms with Crippen LogP contribution >= 0.6 is 0 Å². The second-order valence-corrected chi connectivity index (χ2v) is 7.90. The highest BCUT2D eigenvalue weighted by Crippen LogP contribution is 2.40. The number of ether oxygens (including phenoxy) is 1. The summed E-state index contributed by atoms with van der Waals surface area (Å²) in [6.07, 6.45) is 5.00. The summed E-state index contributed by atoms with van der Waals surface area (Å²) in [6.45, 7) is 2.33. The first-order chi connectivity index (χ1) is 13.1. The Bertz CT molecular complexity index is 800. The van der Waals surface area contributed by atoms with Crippen LogP contribution in [-0.4, -0.2) is 19.1 Å². The summed E-state index contributed by atoms with van der Waals surface area (Å²) in [7, 11) is 1.62. The number of hydrogen-bond donors (Lipinski definition) is 2. The minimum absolute atomic E-state index is 0.0852. The van der Waals surface area contributed by atoms with Gasteiger partial charge in [0.05, 0.1) is 12.8 Å². The Balaban J connectivity index is 1.47. The lowest BCUT2D eigenvalue weighted by Gasteiger charge is -2.24. The van der Waals surface area contributed by atoms with Crippen molar-refractivity contribution in [1.82, 2.24) is 5.32 Å². The Morgan fingerprint density at radius 1 is 1.07 bits per heavy atom. The smallest absolute Gasteiger partial charge is 0.221 e. The predicted molar refractivity (Wildman–Crippen MR) is 108 cm³/mol. The third-order valence-electron chi connectivity index (χ3n) is 6.12. The number of carbonyl (C=O) groups excluding carboxylic acids is 1. The molecule has 2 aromatic carbocycles. The van der Waals surface area contributed by atoms with E-state index in [-0.39, 0.29) is 5.91 Å². The summed E-state index contributed by atoms with van der Waals surface area (Å²) in [5.74, 6) is 2.04. The van der Waals surface area contributed by atoms with Crippen LogP contribution in [0.15, 0.2) is 42.5 Å². The van der Waals surface area contributed by atoms with E-state index in [1.807, 2.05) is 12.1 Å². The number of amides is 1. The molecule has 2 aliphatic carbocycles. The monoisotopic (exact) mass is 364 g/mol. The van der Waals surface area contributed by atoms with E-state index in [1.54, 1.807) is 7.11 Å². The highest BCUT2D eigenvalue weighted by molar-refractivity contribution is 5.90. The number of benzene rings is 2. The Hall–Kier alpha value is -2.33. The first-order valence-electron chi connectivity index (χ1n) is 9.88. The van der Waals surface area contributed by atoms with Gasteiger partial charge < -0.3 is 15.4 Å². The maximum atomic E-state index is 11.5. The molecule has 0 saturated heterocycles. The third-order valence-corrected chi connectivity index (χ3v) is 6.12. The van der Waals surface area contributed by atoms with Gasteiger partial charge in [-0.25, -0.2) is 0 Å². The van der Waals surface area contributed by atoms with Gasteiger partial charge in [-0.2, -0.15) is 0 Å². The molecule has 0 unspecified atom stereocenters. The van der Waals surface area contributed by atoms with E-state index in [4.69, 9.17) is 4.74 Å². The van der Waals surface area contributed by atoms with Crippen LogP contribution in [0.5, 0.6) is 5.75 Å². The molecule has 2 atom stereocenters. The molecule has 4 nitrogen and oxygen atoms in total. The number of hydrogen-bond acceptors (Lipinski definition) is 3. The molecule has 1 amide bonds. The van der Waals surface area contributed by atoms with E-state index < -0.39 is 0 Å². The predicted octanol–water partition coefficient (Wildman–Crippen LogP) is 3.94. The van der Waals surface area contributed by atoms with Crippen molar-refractivity contribution in [2.75, 3.05) is 12.4 Å². The number of nitrogens with one attached hydrogen (secondary N) is 2. The van der Waals surface area contributed by atoms with Gasteiger partial charge in [0.2, 0.25) is 5.91 Å². The van der Waals surface area contributed by atoms with Crippen molar-refractivity contribution >= 4 is 11.6 Å². The van der Waals surface area contributed by atoms with Gasteiger partial charge in [0.1, 0.15) is 5.75 Å². The molecule has 0 radical (unpaired) electrons. The molecule has 27 heavy (non-hydrogen) atoms. The van der Waals surface area contributed by atoms with Crippen LogP contribution in [0, 0.1) is 11.8 Å². The van der Waals surface area contributed by atoms with Crippen LogP contribution in [0.3, 0.4) is 0 Å². The minimum Gasteiger partial charge on any atom is -0.495 e. The van der Waals surface area contributed by atoms with Crippen LogP contribution in [-0.2, 0) is 24.2 Å². The quantitative estimate of drug-likeness (QED) is 0.845. The maximum absolute atomic E-state index is 11.5. The average Bonchev–Trinajstić information content (AvgIpc) is 2.93. The first-order valence-corrected chi connectivity index (χ1v) is 9.88. The maximum Gasteiger partial charge on any atom is 0.221 e. The molecule has 0 aliphatic heterocycles. The van der Waals surface area contributed by atoms with Gasteiger partial charge in [0.15, 0.2) is 0 Å². The lowest BCUT2D eigenvalue weighted by molar-refractivity contribution is -0.114. The molecule has 2 aliphatic rings. The van der Waals surface area contributed by atoms with Gasteiger partial charge >= 0.3 is 0 Å². The second-order valence-electron chi connectivity index (χ2n) is 7.90. The number of anilines is 1. The molecule has 142 valence electrons. The lowest BCUT2D eigenvalue weighted by atomic mass is 9.94. The second kappa shape index (κ2) is 7.73. The summed E-state index contributed by atoms with van der Waals surface area (Å²) >= 11 is 0. The van der Waals surface area contributed by atoms with Crippen molar-refractivity contribution in [3.05, 3.63) is 59.2 Å². The molecule has 4 heteroatoms. The standard InChI is InChI=1S/C23H28N2O2/c1-15(26)25-21-11-16(7-10-22(21)27-2)14-24-23-19-8-9-20(23)13-18-6-4-3-5-17(18)12-19/h3-7,10-11,19-20,23-24H,8-9,12-14H2,1-2H3,(H,25,26)/t19-,20-/m0/s1. The van der Waals surface area contributed by atoms with E-state index in [0.29, 0.717) is 23.6 Å². The molecule has 0 aromatic heterocycles. The van der Waals surface area contributed by atoms with E-state index in [1.165, 1.54) is 49.3 Å². The first kappa shape index (κ1) is 18.1. The molecule has 2 N–H and O–H groups in total. The molecular weight excluding hydrogens is 336 g/mol.